The molecule has 0 amide bonds. The van der Waals surface area contributed by atoms with E-state index >= 15 is 0 Å². The average Bonchev–Trinajstić information content (AvgIpc) is 3.50. The smallest absolute Gasteiger partial charge is 0.248 e. The molecule has 2 aromatic heterocycles. The Bertz CT molecular complexity index is 1450. The summed E-state index contributed by atoms with van der Waals surface area (Å²) in [5.41, 5.74) is 7.54. The molecule has 0 saturated carbocycles. The first-order valence-electron chi connectivity index (χ1n) is 16.0. The Labute approximate surface area is 247 Å². The summed E-state index contributed by atoms with van der Waals surface area (Å²) < 4.78 is 8.83. The molecule has 5 rings (SSSR count). The van der Waals surface area contributed by atoms with E-state index in [1.165, 1.54) is 60.9 Å². The first kappa shape index (κ1) is 29.2. The highest BCUT2D eigenvalue weighted by Crippen LogP contribution is 2.48. The van der Waals surface area contributed by atoms with Gasteiger partial charge in [-0.1, -0.05) is 91.8 Å². The molecule has 0 saturated heterocycles. The Morgan fingerprint density at radius 2 is 1.51 bits per heavy atom. The highest BCUT2D eigenvalue weighted by atomic mass is 16.4. The maximum absolute atomic E-state index is 6.28. The summed E-state index contributed by atoms with van der Waals surface area (Å²) in [6, 6.07) is 22.1. The Morgan fingerprint density at radius 3 is 2.20 bits per heavy atom. The maximum Gasteiger partial charge on any atom is 0.248 e. The molecule has 2 aromatic carbocycles. The molecular formula is C37H48N3O+. The lowest BCUT2D eigenvalue weighted by Gasteiger charge is -2.40. The van der Waals surface area contributed by atoms with Gasteiger partial charge in [0, 0.05) is 42.0 Å². The van der Waals surface area contributed by atoms with E-state index in [9.17, 15) is 0 Å². The molecule has 0 aliphatic carbocycles. The van der Waals surface area contributed by atoms with E-state index in [0.29, 0.717) is 17.7 Å². The first-order valence-corrected chi connectivity index (χ1v) is 16.0. The molecule has 0 radical (unpaired) electrons. The second-order valence-electron chi connectivity index (χ2n) is 12.6. The van der Waals surface area contributed by atoms with Gasteiger partial charge in [0.15, 0.2) is 11.7 Å². The van der Waals surface area contributed by atoms with Crippen LogP contribution in [-0.2, 0) is 11.0 Å². The molecule has 4 aromatic rings. The number of nitrogens with zero attached hydrogens (tertiary/aromatic N) is 3. The molecule has 1 aliphatic rings. The van der Waals surface area contributed by atoms with Crippen molar-refractivity contribution in [2.75, 3.05) is 0 Å². The standard InChI is InChI=1S/C37H48N3O/c1-7-11-12-14-24-36(5,6)29-21-18-27(19-22-29)34-38-39-35(41-34)28-20-23-30-31(26-28)33-17-13-15-25-40(33)37(9-3,10-4)32(30)16-8-2/h13,15,17-23,25-26,32H,7-12,14,16,24H2,1-6H3/q+1. The largest absolute Gasteiger partial charge is 0.416 e. The van der Waals surface area contributed by atoms with Crippen molar-refractivity contribution in [1.82, 2.24) is 10.2 Å². The molecule has 4 heteroatoms. The molecule has 0 N–H and O–H groups in total. The van der Waals surface area contributed by atoms with E-state index in [2.05, 4.69) is 123 Å². The van der Waals surface area contributed by atoms with Crippen LogP contribution in [0.2, 0.25) is 0 Å². The number of hydrogen-bond acceptors (Lipinski definition) is 3. The molecule has 0 spiro atoms. The monoisotopic (exact) mass is 550 g/mol. The summed E-state index contributed by atoms with van der Waals surface area (Å²) in [7, 11) is 0. The van der Waals surface area contributed by atoms with E-state index in [4.69, 9.17) is 4.42 Å². The maximum atomic E-state index is 6.28. The second kappa shape index (κ2) is 12.3. The zero-order valence-electron chi connectivity index (χ0n) is 26.0. The molecule has 4 nitrogen and oxygen atoms in total. The fraction of sp³-hybridized carbons (Fsp3) is 0.486. The minimum absolute atomic E-state index is 0.0923. The summed E-state index contributed by atoms with van der Waals surface area (Å²) in [5, 5.41) is 8.94. The third-order valence-electron chi connectivity index (χ3n) is 9.74. The fourth-order valence-electron chi connectivity index (χ4n) is 7.18. The van der Waals surface area contributed by atoms with Crippen LogP contribution in [0.3, 0.4) is 0 Å². The third kappa shape index (κ3) is 5.50. The highest BCUT2D eigenvalue weighted by molar-refractivity contribution is 5.71. The van der Waals surface area contributed by atoms with Crippen LogP contribution in [0.4, 0.5) is 0 Å². The Kier molecular flexibility index (Phi) is 8.77. The molecule has 216 valence electrons. The zero-order valence-corrected chi connectivity index (χ0v) is 26.0. The lowest BCUT2D eigenvalue weighted by molar-refractivity contribution is -0.763. The first-order chi connectivity index (χ1) is 19.9. The van der Waals surface area contributed by atoms with Gasteiger partial charge in [0.1, 0.15) is 0 Å². The fourth-order valence-corrected chi connectivity index (χ4v) is 7.18. The van der Waals surface area contributed by atoms with E-state index in [1.807, 2.05) is 0 Å². The number of unbranched alkanes of at least 4 members (excludes halogenated alkanes) is 3. The summed E-state index contributed by atoms with van der Waals surface area (Å²) in [6.45, 7) is 14.0. The summed E-state index contributed by atoms with van der Waals surface area (Å²) >= 11 is 0. The van der Waals surface area contributed by atoms with Crippen LogP contribution < -0.4 is 4.57 Å². The van der Waals surface area contributed by atoms with Crippen LogP contribution >= 0.6 is 0 Å². The van der Waals surface area contributed by atoms with Crippen molar-refractivity contribution in [1.29, 1.82) is 0 Å². The van der Waals surface area contributed by atoms with Crippen molar-refractivity contribution < 1.29 is 8.98 Å². The van der Waals surface area contributed by atoms with Crippen LogP contribution in [0, 0.1) is 0 Å². The topological polar surface area (TPSA) is 42.8 Å². The van der Waals surface area contributed by atoms with Crippen LogP contribution in [0.5, 0.6) is 0 Å². The van der Waals surface area contributed by atoms with Gasteiger partial charge in [0.05, 0.1) is 5.56 Å². The quantitative estimate of drug-likeness (QED) is 0.130. The Hall–Kier alpha value is -3.27. The Morgan fingerprint density at radius 1 is 0.805 bits per heavy atom. The van der Waals surface area contributed by atoms with E-state index < -0.39 is 0 Å². The van der Waals surface area contributed by atoms with Gasteiger partial charge in [0.2, 0.25) is 17.5 Å². The molecule has 1 unspecified atom stereocenters. The SMILES string of the molecule is CCCCCCC(C)(C)c1ccc(-c2nnc(-c3ccc4c(c3)-c3cccc[n+]3C(CC)(CC)C4CCC)o2)cc1. The number of aromatic nitrogens is 3. The van der Waals surface area contributed by atoms with Gasteiger partial charge in [0.25, 0.3) is 0 Å². The molecule has 1 aliphatic heterocycles. The van der Waals surface area contributed by atoms with Gasteiger partial charge in [-0.3, -0.25) is 0 Å². The van der Waals surface area contributed by atoms with Crippen molar-refractivity contribution in [2.45, 2.75) is 116 Å². The van der Waals surface area contributed by atoms with Crippen molar-refractivity contribution in [2.24, 2.45) is 0 Å². The molecular weight excluding hydrogens is 502 g/mol. The van der Waals surface area contributed by atoms with Crippen LogP contribution in [0.15, 0.2) is 71.3 Å². The van der Waals surface area contributed by atoms with Gasteiger partial charge in [-0.05, 0) is 59.7 Å². The van der Waals surface area contributed by atoms with Gasteiger partial charge >= 0.3 is 0 Å². The number of benzene rings is 2. The third-order valence-corrected chi connectivity index (χ3v) is 9.74. The predicted molar refractivity (Wildman–Crippen MR) is 169 cm³/mol. The molecule has 1 atom stereocenters. The van der Waals surface area contributed by atoms with E-state index in [1.54, 1.807) is 0 Å². The van der Waals surface area contributed by atoms with Gasteiger partial charge in [-0.15, -0.1) is 10.2 Å². The van der Waals surface area contributed by atoms with E-state index in [0.717, 1.165) is 30.4 Å². The molecule has 0 bridgehead atoms. The van der Waals surface area contributed by atoms with Crippen molar-refractivity contribution in [3.63, 3.8) is 0 Å². The number of pyridine rings is 1. The molecule has 0 fully saturated rings. The van der Waals surface area contributed by atoms with Gasteiger partial charge in [-0.25, -0.2) is 0 Å². The van der Waals surface area contributed by atoms with Crippen LogP contribution in [-0.4, -0.2) is 10.2 Å². The number of rotatable bonds is 12. The molecule has 3 heterocycles. The summed E-state index contributed by atoms with van der Waals surface area (Å²) in [4.78, 5) is 0. The van der Waals surface area contributed by atoms with Gasteiger partial charge < -0.3 is 4.42 Å². The zero-order chi connectivity index (χ0) is 29.0. The lowest BCUT2D eigenvalue weighted by Crippen LogP contribution is -2.62. The van der Waals surface area contributed by atoms with Crippen molar-refractivity contribution in [3.05, 3.63) is 78.0 Å². The minimum Gasteiger partial charge on any atom is -0.416 e. The Balaban J connectivity index is 1.44. The van der Waals surface area contributed by atoms with Crippen molar-refractivity contribution in [3.8, 4) is 34.2 Å². The number of fused-ring (bicyclic) bond motifs is 3. The average molecular weight is 551 g/mol. The van der Waals surface area contributed by atoms with Crippen molar-refractivity contribution >= 4 is 0 Å². The van der Waals surface area contributed by atoms with E-state index in [-0.39, 0.29) is 11.0 Å². The second-order valence-corrected chi connectivity index (χ2v) is 12.6. The lowest BCUT2D eigenvalue weighted by atomic mass is 9.68. The normalized spacial score (nSPS) is 15.9. The predicted octanol–water partition coefficient (Wildman–Crippen LogP) is 10.0. The summed E-state index contributed by atoms with van der Waals surface area (Å²) in [5.74, 6) is 1.61. The van der Waals surface area contributed by atoms with Gasteiger partial charge in [-0.2, -0.15) is 4.57 Å². The van der Waals surface area contributed by atoms with Crippen LogP contribution in [0.1, 0.15) is 116 Å². The highest BCUT2D eigenvalue weighted by Gasteiger charge is 2.50. The molecule has 41 heavy (non-hydrogen) atoms. The number of hydrogen-bond donors (Lipinski definition) is 0. The van der Waals surface area contributed by atoms with Crippen LogP contribution in [0.25, 0.3) is 34.2 Å². The minimum atomic E-state index is 0.0923. The summed E-state index contributed by atoms with van der Waals surface area (Å²) in [6.07, 6.45) is 13.2.